The Hall–Kier alpha value is -1.48. The molecule has 1 atom stereocenters. The smallest absolute Gasteiger partial charge is 0.326 e. The van der Waals surface area contributed by atoms with Crippen molar-refractivity contribution in [2.24, 2.45) is 0 Å². The number of nitrogens with zero attached hydrogens (tertiary/aromatic N) is 1. The first-order valence-corrected chi connectivity index (χ1v) is 8.37. The molecule has 7 nitrogen and oxygen atoms in total. The molecule has 0 bridgehead atoms. The van der Waals surface area contributed by atoms with Gasteiger partial charge in [0.1, 0.15) is 20.5 Å². The van der Waals surface area contributed by atoms with Crippen LogP contribution in [0.15, 0.2) is 22.9 Å². The second-order valence-corrected chi connectivity index (χ2v) is 7.22. The SMILES string of the molecule is CS(=O)(=O)CCC(NC(=O)c1ccnc(Br)c1)C(=O)O. The third-order valence-corrected chi connectivity index (χ3v) is 3.78. The van der Waals surface area contributed by atoms with E-state index in [1.54, 1.807) is 0 Å². The van der Waals surface area contributed by atoms with E-state index in [2.05, 4.69) is 26.2 Å². The first-order valence-electron chi connectivity index (χ1n) is 5.52. The molecule has 110 valence electrons. The summed E-state index contributed by atoms with van der Waals surface area (Å²) in [6, 6.07) is 1.60. The Morgan fingerprint density at radius 2 is 2.15 bits per heavy atom. The lowest BCUT2D eigenvalue weighted by Gasteiger charge is -2.14. The number of hydrogen-bond acceptors (Lipinski definition) is 5. The maximum absolute atomic E-state index is 11.9. The summed E-state index contributed by atoms with van der Waals surface area (Å²) in [4.78, 5) is 26.7. The highest BCUT2D eigenvalue weighted by atomic mass is 79.9. The van der Waals surface area contributed by atoms with E-state index in [0.717, 1.165) is 6.26 Å². The quantitative estimate of drug-likeness (QED) is 0.709. The number of carbonyl (C=O) groups excluding carboxylic acids is 1. The fourth-order valence-corrected chi connectivity index (χ4v) is 2.40. The summed E-state index contributed by atoms with van der Waals surface area (Å²) in [7, 11) is -3.29. The number of rotatable bonds is 6. The van der Waals surface area contributed by atoms with Gasteiger partial charge in [0.15, 0.2) is 0 Å². The van der Waals surface area contributed by atoms with Gasteiger partial charge in [-0.25, -0.2) is 18.2 Å². The molecule has 1 aromatic heterocycles. The fraction of sp³-hybridized carbons (Fsp3) is 0.364. The summed E-state index contributed by atoms with van der Waals surface area (Å²) in [5.74, 6) is -2.20. The number of sulfone groups is 1. The average molecular weight is 365 g/mol. The van der Waals surface area contributed by atoms with Gasteiger partial charge in [0, 0.05) is 18.0 Å². The molecule has 0 radical (unpaired) electrons. The monoisotopic (exact) mass is 364 g/mol. The van der Waals surface area contributed by atoms with Gasteiger partial charge in [0.2, 0.25) is 0 Å². The van der Waals surface area contributed by atoms with E-state index in [9.17, 15) is 18.0 Å². The van der Waals surface area contributed by atoms with Crippen LogP contribution in [0.25, 0.3) is 0 Å². The molecule has 1 rings (SSSR count). The summed E-state index contributed by atoms with van der Waals surface area (Å²) < 4.78 is 22.5. The molecule has 1 amide bonds. The molecule has 9 heteroatoms. The lowest BCUT2D eigenvalue weighted by molar-refractivity contribution is -0.139. The lowest BCUT2D eigenvalue weighted by Crippen LogP contribution is -2.41. The van der Waals surface area contributed by atoms with Crippen molar-refractivity contribution in [2.75, 3.05) is 12.0 Å². The van der Waals surface area contributed by atoms with Crippen molar-refractivity contribution in [3.05, 3.63) is 28.5 Å². The van der Waals surface area contributed by atoms with E-state index in [-0.39, 0.29) is 17.7 Å². The number of aromatic nitrogens is 1. The van der Waals surface area contributed by atoms with E-state index >= 15 is 0 Å². The molecule has 0 aromatic carbocycles. The zero-order valence-corrected chi connectivity index (χ0v) is 12.9. The molecule has 1 unspecified atom stereocenters. The minimum atomic E-state index is -3.29. The molecule has 0 aliphatic carbocycles. The predicted octanol–water partition coefficient (Wildman–Crippen LogP) is 0.462. The average Bonchev–Trinajstić information content (AvgIpc) is 2.32. The van der Waals surface area contributed by atoms with Crippen LogP contribution in [0.1, 0.15) is 16.8 Å². The van der Waals surface area contributed by atoms with Gasteiger partial charge in [-0.15, -0.1) is 0 Å². The zero-order valence-electron chi connectivity index (χ0n) is 10.5. The van der Waals surface area contributed by atoms with Crippen molar-refractivity contribution < 1.29 is 23.1 Å². The number of carbonyl (C=O) groups is 2. The highest BCUT2D eigenvalue weighted by molar-refractivity contribution is 9.10. The number of carboxylic acid groups (broad SMARTS) is 1. The predicted molar refractivity (Wildman–Crippen MR) is 75.2 cm³/mol. The first-order chi connectivity index (χ1) is 9.19. The molecule has 2 N–H and O–H groups in total. The Kier molecular flexibility index (Phi) is 5.63. The van der Waals surface area contributed by atoms with Crippen LogP contribution in [-0.2, 0) is 14.6 Å². The van der Waals surface area contributed by atoms with Crippen LogP contribution in [0.3, 0.4) is 0 Å². The minimum Gasteiger partial charge on any atom is -0.480 e. The van der Waals surface area contributed by atoms with Gasteiger partial charge in [-0.1, -0.05) is 0 Å². The molecule has 0 aliphatic heterocycles. The van der Waals surface area contributed by atoms with Gasteiger partial charge >= 0.3 is 5.97 Å². The van der Waals surface area contributed by atoms with Crippen LogP contribution >= 0.6 is 15.9 Å². The molecular formula is C11H13BrN2O5S. The van der Waals surface area contributed by atoms with Crippen molar-refractivity contribution in [2.45, 2.75) is 12.5 Å². The molecule has 1 heterocycles. The van der Waals surface area contributed by atoms with E-state index in [1.807, 2.05) is 0 Å². The number of nitrogens with one attached hydrogen (secondary N) is 1. The molecule has 0 saturated carbocycles. The van der Waals surface area contributed by atoms with Crippen molar-refractivity contribution in [1.82, 2.24) is 10.3 Å². The number of hydrogen-bond donors (Lipinski definition) is 2. The number of carboxylic acids is 1. The van der Waals surface area contributed by atoms with Crippen LogP contribution in [0.5, 0.6) is 0 Å². The van der Waals surface area contributed by atoms with Crippen LogP contribution in [0.4, 0.5) is 0 Å². The van der Waals surface area contributed by atoms with Crippen molar-refractivity contribution >= 4 is 37.6 Å². The van der Waals surface area contributed by atoms with Crippen LogP contribution in [-0.4, -0.2) is 48.4 Å². The van der Waals surface area contributed by atoms with Gasteiger partial charge in [0.05, 0.1) is 5.75 Å². The van der Waals surface area contributed by atoms with Gasteiger partial charge in [-0.2, -0.15) is 0 Å². The van der Waals surface area contributed by atoms with Gasteiger partial charge < -0.3 is 10.4 Å². The highest BCUT2D eigenvalue weighted by Crippen LogP contribution is 2.08. The van der Waals surface area contributed by atoms with E-state index in [4.69, 9.17) is 5.11 Å². The second kappa shape index (κ2) is 6.80. The molecule has 1 aromatic rings. The highest BCUT2D eigenvalue weighted by Gasteiger charge is 2.22. The van der Waals surface area contributed by atoms with Crippen molar-refractivity contribution in [3.8, 4) is 0 Å². The van der Waals surface area contributed by atoms with Gasteiger partial charge in [0.25, 0.3) is 5.91 Å². The topological polar surface area (TPSA) is 113 Å². The Bertz CT molecular complexity index is 617. The van der Waals surface area contributed by atoms with Gasteiger partial charge in [-0.05, 0) is 34.5 Å². The fourth-order valence-electron chi connectivity index (χ4n) is 1.37. The summed E-state index contributed by atoms with van der Waals surface area (Å²) in [5.41, 5.74) is 0.234. The summed E-state index contributed by atoms with van der Waals surface area (Å²) in [5, 5.41) is 11.3. The summed E-state index contributed by atoms with van der Waals surface area (Å²) >= 11 is 3.10. The van der Waals surface area contributed by atoms with E-state index in [0.29, 0.717) is 4.60 Å². The Labute approximate surface area is 124 Å². The lowest BCUT2D eigenvalue weighted by atomic mass is 10.2. The molecule has 0 spiro atoms. The zero-order chi connectivity index (χ0) is 15.3. The molecule has 0 fully saturated rings. The summed E-state index contributed by atoms with van der Waals surface area (Å²) in [6.45, 7) is 0. The van der Waals surface area contributed by atoms with Crippen molar-refractivity contribution in [3.63, 3.8) is 0 Å². The van der Waals surface area contributed by atoms with Crippen LogP contribution < -0.4 is 5.32 Å². The number of aliphatic carboxylic acids is 1. The molecule has 20 heavy (non-hydrogen) atoms. The normalized spacial score (nSPS) is 12.7. The van der Waals surface area contributed by atoms with E-state index in [1.165, 1.54) is 18.3 Å². The number of amides is 1. The first kappa shape index (κ1) is 16.6. The Balaban J connectivity index is 2.75. The molecule has 0 saturated heterocycles. The number of halogens is 1. The van der Waals surface area contributed by atoms with Crippen molar-refractivity contribution in [1.29, 1.82) is 0 Å². The maximum atomic E-state index is 11.9. The third kappa shape index (κ3) is 5.66. The van der Waals surface area contributed by atoms with Gasteiger partial charge in [-0.3, -0.25) is 4.79 Å². The number of pyridine rings is 1. The standard InChI is InChI=1S/C11H13BrN2O5S/c1-20(18,19)5-3-8(11(16)17)14-10(15)7-2-4-13-9(12)6-7/h2,4,6,8H,3,5H2,1H3,(H,14,15)(H,16,17). The minimum absolute atomic E-state index is 0.188. The largest absolute Gasteiger partial charge is 0.480 e. The molecule has 0 aliphatic rings. The third-order valence-electron chi connectivity index (χ3n) is 2.37. The Morgan fingerprint density at radius 1 is 1.50 bits per heavy atom. The molecular weight excluding hydrogens is 352 g/mol. The van der Waals surface area contributed by atoms with Crippen LogP contribution in [0.2, 0.25) is 0 Å². The Morgan fingerprint density at radius 3 is 2.65 bits per heavy atom. The summed E-state index contributed by atoms with van der Waals surface area (Å²) in [6.07, 6.45) is 2.21. The van der Waals surface area contributed by atoms with Crippen LogP contribution in [0, 0.1) is 0 Å². The maximum Gasteiger partial charge on any atom is 0.326 e. The van der Waals surface area contributed by atoms with E-state index < -0.39 is 27.8 Å². The second-order valence-electron chi connectivity index (χ2n) is 4.15.